The Labute approximate surface area is 111 Å². The first-order valence-electron chi connectivity index (χ1n) is 5.98. The molecule has 0 saturated carbocycles. The Morgan fingerprint density at radius 2 is 2.00 bits per heavy atom. The molecule has 0 amide bonds. The predicted octanol–water partition coefficient (Wildman–Crippen LogP) is 2.54. The van der Waals surface area contributed by atoms with E-state index in [1.54, 1.807) is 0 Å². The first-order valence-corrected chi connectivity index (χ1v) is 6.77. The molecule has 4 heteroatoms. The van der Waals surface area contributed by atoms with Gasteiger partial charge in [-0.2, -0.15) is 0 Å². The second kappa shape index (κ2) is 7.69. The van der Waals surface area contributed by atoms with Crippen LogP contribution in [0.2, 0.25) is 0 Å². The maximum absolute atomic E-state index is 9.09. The van der Waals surface area contributed by atoms with Gasteiger partial charge in [0.1, 0.15) is 0 Å². The van der Waals surface area contributed by atoms with Crippen LogP contribution in [-0.2, 0) is 6.61 Å². The van der Waals surface area contributed by atoms with Crippen LogP contribution in [0.4, 0.5) is 5.69 Å². The van der Waals surface area contributed by atoms with E-state index in [-0.39, 0.29) is 13.2 Å². The van der Waals surface area contributed by atoms with Crippen molar-refractivity contribution in [1.82, 2.24) is 0 Å². The van der Waals surface area contributed by atoms with E-state index in [0.717, 1.165) is 35.1 Å². The first kappa shape index (κ1) is 14.5. The monoisotopic (exact) mass is 301 g/mol. The van der Waals surface area contributed by atoms with E-state index < -0.39 is 0 Å². The highest BCUT2D eigenvalue weighted by molar-refractivity contribution is 9.10. The highest BCUT2D eigenvalue weighted by Crippen LogP contribution is 2.27. The van der Waals surface area contributed by atoms with Crippen molar-refractivity contribution in [3.05, 3.63) is 28.2 Å². The van der Waals surface area contributed by atoms with Gasteiger partial charge in [0.2, 0.25) is 0 Å². The van der Waals surface area contributed by atoms with Gasteiger partial charge in [0.05, 0.1) is 18.9 Å². The molecule has 0 aliphatic carbocycles. The maximum atomic E-state index is 9.09. The van der Waals surface area contributed by atoms with Crippen molar-refractivity contribution < 1.29 is 10.2 Å². The Balaban J connectivity index is 2.85. The van der Waals surface area contributed by atoms with Gasteiger partial charge in [0, 0.05) is 17.6 Å². The topological polar surface area (TPSA) is 43.7 Å². The van der Waals surface area contributed by atoms with Gasteiger partial charge < -0.3 is 15.1 Å². The minimum Gasteiger partial charge on any atom is -0.395 e. The Bertz CT molecular complexity index is 344. The summed E-state index contributed by atoms with van der Waals surface area (Å²) >= 11 is 3.52. The Kier molecular flexibility index (Phi) is 6.55. The Morgan fingerprint density at radius 1 is 1.24 bits per heavy atom. The molecule has 0 saturated heterocycles. The molecule has 0 unspecified atom stereocenters. The molecule has 96 valence electrons. The van der Waals surface area contributed by atoms with Gasteiger partial charge in [-0.05, 0) is 40.0 Å². The quantitative estimate of drug-likeness (QED) is 0.813. The summed E-state index contributed by atoms with van der Waals surface area (Å²) in [5.74, 6) is 0. The van der Waals surface area contributed by atoms with Crippen molar-refractivity contribution in [3.63, 3.8) is 0 Å². The van der Waals surface area contributed by atoms with Crippen LogP contribution in [0, 0.1) is 0 Å². The van der Waals surface area contributed by atoms with Gasteiger partial charge >= 0.3 is 0 Å². The lowest BCUT2D eigenvalue weighted by Gasteiger charge is -2.25. The first-order chi connectivity index (χ1) is 8.22. The van der Waals surface area contributed by atoms with E-state index in [1.807, 2.05) is 18.2 Å². The largest absolute Gasteiger partial charge is 0.395 e. The van der Waals surface area contributed by atoms with Crippen LogP contribution < -0.4 is 4.90 Å². The number of hydrogen-bond donors (Lipinski definition) is 2. The number of aliphatic hydroxyl groups is 2. The molecule has 1 rings (SSSR count). The highest BCUT2D eigenvalue weighted by atomic mass is 79.9. The van der Waals surface area contributed by atoms with Crippen molar-refractivity contribution in [2.75, 3.05) is 24.6 Å². The molecular formula is C13H20BrNO2. The Hall–Kier alpha value is -0.580. The summed E-state index contributed by atoms with van der Waals surface area (Å²) in [6.45, 7) is 3.93. The van der Waals surface area contributed by atoms with Crippen molar-refractivity contribution in [2.45, 2.75) is 26.4 Å². The minimum absolute atomic E-state index is 0.0494. The molecule has 1 aromatic carbocycles. The molecule has 0 heterocycles. The van der Waals surface area contributed by atoms with Crippen LogP contribution >= 0.6 is 15.9 Å². The Morgan fingerprint density at radius 3 is 2.53 bits per heavy atom. The lowest BCUT2D eigenvalue weighted by Crippen LogP contribution is -2.28. The van der Waals surface area contributed by atoms with Gasteiger partial charge in [-0.3, -0.25) is 0 Å². The molecule has 0 atom stereocenters. The number of rotatable bonds is 7. The average Bonchev–Trinajstić information content (AvgIpc) is 2.34. The second-order valence-electron chi connectivity index (χ2n) is 4.01. The zero-order chi connectivity index (χ0) is 12.7. The summed E-state index contributed by atoms with van der Waals surface area (Å²) in [6, 6.07) is 5.82. The number of halogens is 1. The van der Waals surface area contributed by atoms with Gasteiger partial charge in [-0.1, -0.05) is 19.4 Å². The third kappa shape index (κ3) is 4.30. The number of aliphatic hydroxyl groups excluding tert-OH is 2. The molecule has 0 bridgehead atoms. The number of anilines is 1. The molecule has 0 aliphatic rings. The summed E-state index contributed by atoms with van der Waals surface area (Å²) in [5, 5.41) is 18.2. The lowest BCUT2D eigenvalue weighted by atomic mass is 10.2. The SMILES string of the molecule is CCCCN(CCO)c1ccc(CO)cc1Br. The third-order valence-corrected chi connectivity index (χ3v) is 3.32. The summed E-state index contributed by atoms with van der Waals surface area (Å²) in [5.41, 5.74) is 1.96. The zero-order valence-corrected chi connectivity index (χ0v) is 11.8. The molecule has 0 radical (unpaired) electrons. The molecule has 0 aromatic heterocycles. The van der Waals surface area contributed by atoms with E-state index in [1.165, 1.54) is 0 Å². The summed E-state index contributed by atoms with van der Waals surface area (Å²) in [6.07, 6.45) is 2.24. The van der Waals surface area contributed by atoms with E-state index in [4.69, 9.17) is 10.2 Å². The van der Waals surface area contributed by atoms with E-state index in [2.05, 4.69) is 27.8 Å². The average molecular weight is 302 g/mol. The van der Waals surface area contributed by atoms with Crippen LogP contribution in [-0.4, -0.2) is 29.9 Å². The van der Waals surface area contributed by atoms with Crippen molar-refractivity contribution in [2.24, 2.45) is 0 Å². The third-order valence-electron chi connectivity index (χ3n) is 2.69. The molecule has 0 aliphatic heterocycles. The van der Waals surface area contributed by atoms with E-state index in [9.17, 15) is 0 Å². The van der Waals surface area contributed by atoms with Crippen LogP contribution in [0.1, 0.15) is 25.3 Å². The van der Waals surface area contributed by atoms with Crippen molar-refractivity contribution in [3.8, 4) is 0 Å². The molecule has 3 nitrogen and oxygen atoms in total. The number of hydrogen-bond acceptors (Lipinski definition) is 3. The lowest BCUT2D eigenvalue weighted by molar-refractivity contribution is 0.281. The van der Waals surface area contributed by atoms with Gasteiger partial charge in [0.15, 0.2) is 0 Å². The highest BCUT2D eigenvalue weighted by Gasteiger charge is 2.09. The van der Waals surface area contributed by atoms with E-state index in [0.29, 0.717) is 6.54 Å². The fraction of sp³-hybridized carbons (Fsp3) is 0.538. The normalized spacial score (nSPS) is 10.6. The minimum atomic E-state index is 0.0494. The van der Waals surface area contributed by atoms with Crippen LogP contribution in [0.3, 0.4) is 0 Å². The maximum Gasteiger partial charge on any atom is 0.0682 e. The fourth-order valence-electron chi connectivity index (χ4n) is 1.73. The van der Waals surface area contributed by atoms with Gasteiger partial charge in [0.25, 0.3) is 0 Å². The fourth-order valence-corrected chi connectivity index (χ4v) is 2.40. The van der Waals surface area contributed by atoms with Crippen LogP contribution in [0.15, 0.2) is 22.7 Å². The number of benzene rings is 1. The smallest absolute Gasteiger partial charge is 0.0682 e. The van der Waals surface area contributed by atoms with Crippen LogP contribution in [0.5, 0.6) is 0 Å². The standard InChI is InChI=1S/C13H20BrNO2/c1-2-3-6-15(7-8-16)13-5-4-11(10-17)9-12(13)14/h4-5,9,16-17H,2-3,6-8,10H2,1H3. The van der Waals surface area contributed by atoms with E-state index >= 15 is 0 Å². The van der Waals surface area contributed by atoms with Gasteiger partial charge in [-0.15, -0.1) is 0 Å². The molecular weight excluding hydrogens is 282 g/mol. The summed E-state index contributed by atoms with van der Waals surface area (Å²) in [4.78, 5) is 2.16. The van der Waals surface area contributed by atoms with Gasteiger partial charge in [-0.25, -0.2) is 0 Å². The summed E-state index contributed by atoms with van der Waals surface area (Å²) in [7, 11) is 0. The van der Waals surface area contributed by atoms with Crippen molar-refractivity contribution in [1.29, 1.82) is 0 Å². The van der Waals surface area contributed by atoms with Crippen LogP contribution in [0.25, 0.3) is 0 Å². The zero-order valence-electron chi connectivity index (χ0n) is 10.2. The molecule has 17 heavy (non-hydrogen) atoms. The number of nitrogens with zero attached hydrogens (tertiary/aromatic N) is 1. The molecule has 1 aromatic rings. The molecule has 2 N–H and O–H groups in total. The molecule has 0 spiro atoms. The predicted molar refractivity (Wildman–Crippen MR) is 74.3 cm³/mol. The number of unbranched alkanes of at least 4 members (excludes halogenated alkanes) is 1. The summed E-state index contributed by atoms with van der Waals surface area (Å²) < 4.78 is 0.966. The molecule has 0 fully saturated rings. The van der Waals surface area contributed by atoms with Crippen molar-refractivity contribution >= 4 is 21.6 Å². The second-order valence-corrected chi connectivity index (χ2v) is 4.86.